The lowest BCUT2D eigenvalue weighted by molar-refractivity contribution is 0.482. The van der Waals surface area contributed by atoms with E-state index in [0.29, 0.717) is 11.5 Å². The lowest BCUT2D eigenvalue weighted by Gasteiger charge is -2.11. The molecule has 0 saturated heterocycles. The first-order valence-electron chi connectivity index (χ1n) is 9.96. The number of ether oxygens (including phenoxy) is 1. The summed E-state index contributed by atoms with van der Waals surface area (Å²) in [5.74, 6) is 0.617. The van der Waals surface area contributed by atoms with Crippen LogP contribution in [0.3, 0.4) is 0 Å². The van der Waals surface area contributed by atoms with Gasteiger partial charge in [-0.15, -0.1) is 0 Å². The number of para-hydroxylation sites is 1. The summed E-state index contributed by atoms with van der Waals surface area (Å²) >= 11 is 0. The van der Waals surface area contributed by atoms with Gasteiger partial charge in [-0.2, -0.15) is 0 Å². The van der Waals surface area contributed by atoms with Crippen molar-refractivity contribution in [3.05, 3.63) is 109 Å². The van der Waals surface area contributed by atoms with Crippen LogP contribution in [0.1, 0.15) is 0 Å². The summed E-state index contributed by atoms with van der Waals surface area (Å²) in [5.41, 5.74) is 0.385. The molecule has 0 bridgehead atoms. The normalized spacial score (nSPS) is 11.6. The smallest absolute Gasteiger partial charge is 0.261 e. The van der Waals surface area contributed by atoms with Crippen molar-refractivity contribution in [3.8, 4) is 11.5 Å². The molecule has 0 unspecified atom stereocenters. The molecule has 0 aliphatic heterocycles. The third-order valence-corrected chi connectivity index (χ3v) is 7.42. The van der Waals surface area contributed by atoms with E-state index >= 15 is 0 Å². The zero-order chi connectivity index (χ0) is 24.2. The van der Waals surface area contributed by atoms with Gasteiger partial charge in [0, 0.05) is 11.4 Å². The summed E-state index contributed by atoms with van der Waals surface area (Å²) in [7, 11) is -7.84. The maximum absolute atomic E-state index is 13.0. The minimum atomic E-state index is -3.93. The molecule has 0 saturated carbocycles. The van der Waals surface area contributed by atoms with Gasteiger partial charge >= 0.3 is 0 Å². The van der Waals surface area contributed by atoms with Gasteiger partial charge in [0.2, 0.25) is 0 Å². The Hall–Kier alpha value is -3.89. The van der Waals surface area contributed by atoms with Crippen LogP contribution < -0.4 is 14.2 Å². The summed E-state index contributed by atoms with van der Waals surface area (Å²) in [5, 5.41) is 0. The SMILES string of the molecule is O=S(=O)(Nc1ccc(F)cc1)c1ccc(NS(=O)(=O)c2ccc(Oc3ccccc3)cc2)cc1. The number of benzene rings is 4. The van der Waals surface area contributed by atoms with Crippen LogP contribution >= 0.6 is 0 Å². The Morgan fingerprint density at radius 1 is 0.529 bits per heavy atom. The molecule has 0 spiro atoms. The monoisotopic (exact) mass is 498 g/mol. The van der Waals surface area contributed by atoms with E-state index in [4.69, 9.17) is 4.74 Å². The van der Waals surface area contributed by atoms with Gasteiger partial charge in [0.15, 0.2) is 0 Å². The van der Waals surface area contributed by atoms with E-state index in [0.717, 1.165) is 12.1 Å². The Morgan fingerprint density at radius 2 is 0.941 bits per heavy atom. The highest BCUT2D eigenvalue weighted by Gasteiger charge is 2.17. The number of halogens is 1. The maximum Gasteiger partial charge on any atom is 0.261 e. The fourth-order valence-electron chi connectivity index (χ4n) is 2.96. The summed E-state index contributed by atoms with van der Waals surface area (Å²) in [6.45, 7) is 0. The van der Waals surface area contributed by atoms with E-state index in [2.05, 4.69) is 9.44 Å². The van der Waals surface area contributed by atoms with Crippen LogP contribution in [0.25, 0.3) is 0 Å². The van der Waals surface area contributed by atoms with Crippen molar-refractivity contribution in [2.75, 3.05) is 9.44 Å². The van der Waals surface area contributed by atoms with Crippen LogP contribution in [-0.2, 0) is 20.0 Å². The first-order chi connectivity index (χ1) is 16.2. The molecule has 0 aromatic heterocycles. The van der Waals surface area contributed by atoms with E-state index in [9.17, 15) is 21.2 Å². The van der Waals surface area contributed by atoms with Crippen LogP contribution in [0.5, 0.6) is 11.5 Å². The zero-order valence-electron chi connectivity index (χ0n) is 17.6. The second-order valence-electron chi connectivity index (χ2n) is 7.13. The van der Waals surface area contributed by atoms with Crippen molar-refractivity contribution in [3.63, 3.8) is 0 Å². The minimum Gasteiger partial charge on any atom is -0.457 e. The second kappa shape index (κ2) is 9.54. The van der Waals surface area contributed by atoms with E-state index in [1.807, 2.05) is 18.2 Å². The van der Waals surface area contributed by atoms with Crippen molar-refractivity contribution in [2.24, 2.45) is 0 Å². The van der Waals surface area contributed by atoms with Gasteiger partial charge in [-0.25, -0.2) is 21.2 Å². The summed E-state index contributed by atoms with van der Waals surface area (Å²) < 4.78 is 73.9. The van der Waals surface area contributed by atoms with E-state index in [1.54, 1.807) is 24.3 Å². The fourth-order valence-corrected chi connectivity index (χ4v) is 5.08. The van der Waals surface area contributed by atoms with Crippen LogP contribution in [-0.4, -0.2) is 16.8 Å². The number of hydrogen-bond donors (Lipinski definition) is 2. The predicted octanol–water partition coefficient (Wildman–Crippen LogP) is 5.22. The lowest BCUT2D eigenvalue weighted by atomic mass is 10.3. The highest BCUT2D eigenvalue weighted by molar-refractivity contribution is 7.93. The second-order valence-corrected chi connectivity index (χ2v) is 10.5. The average Bonchev–Trinajstić information content (AvgIpc) is 2.82. The molecule has 4 rings (SSSR count). The third kappa shape index (κ3) is 5.72. The van der Waals surface area contributed by atoms with Crippen LogP contribution in [0, 0.1) is 5.82 Å². The Kier molecular flexibility index (Phi) is 6.53. The number of anilines is 2. The topological polar surface area (TPSA) is 102 Å². The molecular formula is C24H19FN2O5S2. The molecule has 174 valence electrons. The summed E-state index contributed by atoms with van der Waals surface area (Å²) in [4.78, 5) is -0.0650. The quantitative estimate of drug-likeness (QED) is 0.347. The van der Waals surface area contributed by atoms with E-state index in [1.165, 1.54) is 48.5 Å². The molecule has 0 radical (unpaired) electrons. The molecule has 0 fully saturated rings. The largest absolute Gasteiger partial charge is 0.457 e. The third-order valence-electron chi connectivity index (χ3n) is 4.63. The van der Waals surface area contributed by atoms with Gasteiger partial charge in [-0.1, -0.05) is 18.2 Å². The van der Waals surface area contributed by atoms with Gasteiger partial charge in [-0.05, 0) is 84.9 Å². The van der Waals surface area contributed by atoms with Crippen molar-refractivity contribution in [1.82, 2.24) is 0 Å². The number of nitrogens with one attached hydrogen (secondary N) is 2. The Morgan fingerprint density at radius 3 is 1.44 bits per heavy atom. The highest BCUT2D eigenvalue weighted by Crippen LogP contribution is 2.24. The first-order valence-corrected chi connectivity index (χ1v) is 12.9. The molecule has 0 heterocycles. The Labute approximate surface area is 197 Å². The minimum absolute atomic E-state index is 0.0163. The number of hydrogen-bond acceptors (Lipinski definition) is 5. The summed E-state index contributed by atoms with van der Waals surface area (Å²) in [6.07, 6.45) is 0. The average molecular weight is 499 g/mol. The summed E-state index contributed by atoms with van der Waals surface area (Å²) in [6, 6.07) is 25.0. The van der Waals surface area contributed by atoms with Gasteiger partial charge in [0.05, 0.1) is 9.79 Å². The number of sulfonamides is 2. The fraction of sp³-hybridized carbons (Fsp3) is 0. The number of rotatable bonds is 8. The first kappa shape index (κ1) is 23.3. The molecule has 0 aliphatic rings. The Bertz CT molecular complexity index is 1470. The van der Waals surface area contributed by atoms with E-state index in [-0.39, 0.29) is 21.2 Å². The molecule has 34 heavy (non-hydrogen) atoms. The van der Waals surface area contributed by atoms with Gasteiger partial charge < -0.3 is 4.74 Å². The van der Waals surface area contributed by atoms with Crippen LogP contribution in [0.2, 0.25) is 0 Å². The van der Waals surface area contributed by atoms with Crippen molar-refractivity contribution >= 4 is 31.4 Å². The molecule has 0 amide bonds. The molecule has 0 atom stereocenters. The van der Waals surface area contributed by atoms with Crippen molar-refractivity contribution in [2.45, 2.75) is 9.79 Å². The molecule has 4 aromatic carbocycles. The maximum atomic E-state index is 13.0. The molecule has 4 aromatic rings. The predicted molar refractivity (Wildman–Crippen MR) is 127 cm³/mol. The molecule has 0 aliphatic carbocycles. The van der Waals surface area contributed by atoms with Crippen LogP contribution in [0.15, 0.2) is 113 Å². The van der Waals surface area contributed by atoms with Gasteiger partial charge in [0.25, 0.3) is 20.0 Å². The van der Waals surface area contributed by atoms with Gasteiger partial charge in [-0.3, -0.25) is 9.44 Å². The van der Waals surface area contributed by atoms with Crippen LogP contribution in [0.4, 0.5) is 15.8 Å². The standard InChI is InChI=1S/C24H19FN2O5S2/c25-18-6-8-19(9-7-18)26-33(28,29)23-14-10-20(11-15-23)27-34(30,31)24-16-12-22(13-17-24)32-21-4-2-1-3-5-21/h1-17,26-27H. The molecule has 10 heteroatoms. The lowest BCUT2D eigenvalue weighted by Crippen LogP contribution is -2.14. The Balaban J connectivity index is 1.44. The van der Waals surface area contributed by atoms with Gasteiger partial charge in [0.1, 0.15) is 17.3 Å². The van der Waals surface area contributed by atoms with Crippen molar-refractivity contribution < 1.29 is 26.0 Å². The zero-order valence-corrected chi connectivity index (χ0v) is 19.2. The highest BCUT2D eigenvalue weighted by atomic mass is 32.2. The van der Waals surface area contributed by atoms with E-state index < -0.39 is 25.9 Å². The molecule has 7 nitrogen and oxygen atoms in total. The molecular weight excluding hydrogens is 479 g/mol. The van der Waals surface area contributed by atoms with Crippen molar-refractivity contribution in [1.29, 1.82) is 0 Å². The molecule has 2 N–H and O–H groups in total.